The van der Waals surface area contributed by atoms with Crippen LogP contribution in [-0.2, 0) is 6.42 Å². The summed E-state index contributed by atoms with van der Waals surface area (Å²) in [5, 5.41) is 0.103. The molecular weight excluding hydrogens is 276 g/mol. The smallest absolute Gasteiger partial charge is 0.220 e. The first kappa shape index (κ1) is 15.6. The number of thioether (sulfide) groups is 1. The summed E-state index contributed by atoms with van der Waals surface area (Å²) < 4.78 is -0.247. The van der Waals surface area contributed by atoms with Gasteiger partial charge in [-0.1, -0.05) is 78.5 Å². The summed E-state index contributed by atoms with van der Waals surface area (Å²) in [4.78, 5) is 12.3. The van der Waals surface area contributed by atoms with Gasteiger partial charge in [-0.2, -0.15) is 0 Å². The number of carbonyl (C=O) groups excluding carboxylic acids is 1. The molecule has 21 heavy (non-hydrogen) atoms. The van der Waals surface area contributed by atoms with Crippen LogP contribution in [0.3, 0.4) is 0 Å². The Hall–Kier alpha value is -1.80. The van der Waals surface area contributed by atoms with Crippen molar-refractivity contribution in [1.29, 1.82) is 0 Å². The van der Waals surface area contributed by atoms with E-state index in [0.29, 0.717) is 0 Å². The lowest BCUT2D eigenvalue weighted by atomic mass is 10.0. The van der Waals surface area contributed by atoms with Crippen LogP contribution in [0.1, 0.15) is 29.3 Å². The Balaban J connectivity index is 2.00. The standard InChI is InChI=1S/C19H20OS/c1-3-19(2,15-14-16-10-6-4-7-11-16)21-18(20)17-12-8-5-9-13-17/h3-13H,1,14-15H2,2H3. The zero-order valence-corrected chi connectivity index (χ0v) is 13.1. The van der Waals surface area contributed by atoms with Crippen molar-refractivity contribution >= 4 is 16.9 Å². The van der Waals surface area contributed by atoms with Crippen LogP contribution in [0, 0.1) is 0 Å². The van der Waals surface area contributed by atoms with Crippen molar-refractivity contribution < 1.29 is 4.79 Å². The maximum atomic E-state index is 12.3. The first-order valence-electron chi connectivity index (χ1n) is 7.09. The van der Waals surface area contributed by atoms with Gasteiger partial charge in [0.25, 0.3) is 0 Å². The second kappa shape index (κ2) is 7.28. The molecule has 0 aliphatic rings. The van der Waals surface area contributed by atoms with Crippen LogP contribution in [0.25, 0.3) is 0 Å². The summed E-state index contributed by atoms with van der Waals surface area (Å²) in [5.74, 6) is 0. The van der Waals surface area contributed by atoms with Crippen LogP contribution in [0.4, 0.5) is 0 Å². The second-order valence-corrected chi connectivity index (χ2v) is 6.77. The van der Waals surface area contributed by atoms with Gasteiger partial charge in [-0.05, 0) is 25.3 Å². The quantitative estimate of drug-likeness (QED) is 0.687. The fourth-order valence-corrected chi connectivity index (χ4v) is 3.04. The number of hydrogen-bond acceptors (Lipinski definition) is 2. The highest BCUT2D eigenvalue weighted by molar-refractivity contribution is 8.15. The van der Waals surface area contributed by atoms with E-state index < -0.39 is 0 Å². The molecule has 0 aliphatic heterocycles. The SMILES string of the molecule is C=CC(C)(CCc1ccccc1)SC(=O)c1ccccc1. The van der Waals surface area contributed by atoms with E-state index in [9.17, 15) is 4.79 Å². The molecule has 0 fully saturated rings. The molecule has 2 aromatic rings. The predicted molar refractivity (Wildman–Crippen MR) is 91.7 cm³/mol. The van der Waals surface area contributed by atoms with Crippen molar-refractivity contribution in [2.45, 2.75) is 24.5 Å². The summed E-state index contributed by atoms with van der Waals surface area (Å²) in [7, 11) is 0. The molecule has 0 aromatic heterocycles. The molecule has 1 unspecified atom stereocenters. The highest BCUT2D eigenvalue weighted by Gasteiger charge is 2.25. The second-order valence-electron chi connectivity index (χ2n) is 5.26. The molecule has 2 heteroatoms. The molecule has 108 valence electrons. The first-order valence-corrected chi connectivity index (χ1v) is 7.90. The summed E-state index contributed by atoms with van der Waals surface area (Å²) in [5.41, 5.74) is 2.04. The predicted octanol–water partition coefficient (Wildman–Crippen LogP) is 5.14. The average molecular weight is 296 g/mol. The third kappa shape index (κ3) is 4.61. The normalized spacial score (nSPS) is 13.4. The number of benzene rings is 2. The van der Waals surface area contributed by atoms with Crippen molar-refractivity contribution in [2.24, 2.45) is 0 Å². The molecule has 0 heterocycles. The molecular formula is C19H20OS. The van der Waals surface area contributed by atoms with E-state index in [1.54, 1.807) is 0 Å². The van der Waals surface area contributed by atoms with E-state index >= 15 is 0 Å². The maximum Gasteiger partial charge on any atom is 0.220 e. The molecule has 0 amide bonds. The minimum absolute atomic E-state index is 0.103. The summed E-state index contributed by atoms with van der Waals surface area (Å²) >= 11 is 1.36. The van der Waals surface area contributed by atoms with Gasteiger partial charge >= 0.3 is 0 Å². The van der Waals surface area contributed by atoms with Crippen LogP contribution in [0.15, 0.2) is 73.3 Å². The molecule has 1 nitrogen and oxygen atoms in total. The van der Waals surface area contributed by atoms with Crippen LogP contribution in [-0.4, -0.2) is 9.86 Å². The van der Waals surface area contributed by atoms with Crippen molar-refractivity contribution in [3.63, 3.8) is 0 Å². The van der Waals surface area contributed by atoms with Crippen LogP contribution < -0.4 is 0 Å². The molecule has 0 bridgehead atoms. The Kier molecular flexibility index (Phi) is 5.40. The zero-order chi connectivity index (χ0) is 15.1. The highest BCUT2D eigenvalue weighted by Crippen LogP contribution is 2.33. The molecule has 0 saturated carbocycles. The molecule has 0 aliphatic carbocycles. The zero-order valence-electron chi connectivity index (χ0n) is 12.3. The summed E-state index contributed by atoms with van der Waals surface area (Å²) in [6.45, 7) is 6.00. The van der Waals surface area contributed by atoms with Crippen LogP contribution >= 0.6 is 11.8 Å². The fraction of sp³-hybridized carbons (Fsp3) is 0.211. The minimum Gasteiger partial charge on any atom is -0.282 e. The van der Waals surface area contributed by atoms with Crippen molar-refractivity contribution in [2.75, 3.05) is 0 Å². The largest absolute Gasteiger partial charge is 0.282 e. The number of aryl methyl sites for hydroxylation is 1. The van der Waals surface area contributed by atoms with E-state index in [4.69, 9.17) is 0 Å². The van der Waals surface area contributed by atoms with Crippen molar-refractivity contribution in [1.82, 2.24) is 0 Å². The fourth-order valence-electron chi connectivity index (χ4n) is 2.08. The van der Waals surface area contributed by atoms with E-state index in [1.807, 2.05) is 54.6 Å². The van der Waals surface area contributed by atoms with E-state index in [2.05, 4.69) is 25.6 Å². The van der Waals surface area contributed by atoms with Gasteiger partial charge in [0.15, 0.2) is 0 Å². The maximum absolute atomic E-state index is 12.3. The molecule has 0 spiro atoms. The van der Waals surface area contributed by atoms with Gasteiger partial charge < -0.3 is 0 Å². The lowest BCUT2D eigenvalue weighted by Crippen LogP contribution is -2.20. The Morgan fingerprint density at radius 2 is 1.67 bits per heavy atom. The topological polar surface area (TPSA) is 17.1 Å². The van der Waals surface area contributed by atoms with Crippen LogP contribution in [0.2, 0.25) is 0 Å². The van der Waals surface area contributed by atoms with Crippen molar-refractivity contribution in [3.8, 4) is 0 Å². The van der Waals surface area contributed by atoms with Crippen molar-refractivity contribution in [3.05, 3.63) is 84.4 Å². The lowest BCUT2D eigenvalue weighted by Gasteiger charge is -2.24. The highest BCUT2D eigenvalue weighted by atomic mass is 32.2. The lowest BCUT2D eigenvalue weighted by molar-refractivity contribution is 0.108. The Morgan fingerprint density at radius 1 is 1.10 bits per heavy atom. The van der Waals surface area contributed by atoms with Gasteiger partial charge in [0.2, 0.25) is 5.12 Å². The van der Waals surface area contributed by atoms with E-state index in [0.717, 1.165) is 18.4 Å². The Bertz CT molecular complexity index is 591. The van der Waals surface area contributed by atoms with Gasteiger partial charge in [0.05, 0.1) is 0 Å². The van der Waals surface area contributed by atoms with Gasteiger partial charge in [-0.25, -0.2) is 0 Å². The van der Waals surface area contributed by atoms with Gasteiger partial charge in [-0.3, -0.25) is 4.79 Å². The van der Waals surface area contributed by atoms with Gasteiger partial charge in [-0.15, -0.1) is 6.58 Å². The van der Waals surface area contributed by atoms with Gasteiger partial charge in [0, 0.05) is 10.3 Å². The molecule has 2 aromatic carbocycles. The summed E-state index contributed by atoms with van der Waals surface area (Å²) in [6, 6.07) is 19.8. The first-order chi connectivity index (χ1) is 10.1. The van der Waals surface area contributed by atoms with E-state index in [-0.39, 0.29) is 9.86 Å². The molecule has 0 radical (unpaired) electrons. The van der Waals surface area contributed by atoms with E-state index in [1.165, 1.54) is 17.3 Å². The number of rotatable bonds is 6. The monoisotopic (exact) mass is 296 g/mol. The van der Waals surface area contributed by atoms with Crippen LogP contribution in [0.5, 0.6) is 0 Å². The molecule has 2 rings (SSSR count). The molecule has 0 N–H and O–H groups in total. The van der Waals surface area contributed by atoms with Gasteiger partial charge in [0.1, 0.15) is 0 Å². The Morgan fingerprint density at radius 3 is 2.24 bits per heavy atom. The summed E-state index contributed by atoms with van der Waals surface area (Å²) in [6.07, 6.45) is 3.73. The number of hydrogen-bond donors (Lipinski definition) is 0. The molecule has 0 saturated heterocycles. The average Bonchev–Trinajstić information content (AvgIpc) is 2.55. The third-order valence-electron chi connectivity index (χ3n) is 3.52. The third-order valence-corrected chi connectivity index (χ3v) is 4.78. The Labute approximate surface area is 131 Å². The molecule has 1 atom stereocenters. The number of carbonyl (C=O) groups is 1. The minimum atomic E-state index is -0.247.